The van der Waals surface area contributed by atoms with Crippen molar-refractivity contribution in [3.63, 3.8) is 0 Å². The molecule has 0 atom stereocenters. The highest BCUT2D eigenvalue weighted by molar-refractivity contribution is 5.44. The Morgan fingerprint density at radius 2 is 0.878 bits per heavy atom. The summed E-state index contributed by atoms with van der Waals surface area (Å²) in [7, 11) is 0. The standard InChI is InChI=1S/C41H80N8/c1-11-13-15-17-19-21-27-49(28-22-20-18-16-14-12-2)37-45-35(42-25-23-33-29-38(3,4)47-39(5,6)30-33)44-36(46-37)43-26-24-34-31-40(7,8)48-41(9,10)32-34/h33-34,47-48H,11-32H2,1-10H3,(H2,42,43,44,45,46). The third kappa shape index (κ3) is 16.5. The summed E-state index contributed by atoms with van der Waals surface area (Å²) in [5.74, 6) is 3.64. The molecule has 0 saturated carbocycles. The molecule has 4 N–H and O–H groups in total. The molecule has 0 spiro atoms. The molecule has 0 aliphatic carbocycles. The highest BCUT2D eigenvalue weighted by Crippen LogP contribution is 2.36. The van der Waals surface area contributed by atoms with Crippen LogP contribution in [0.15, 0.2) is 0 Å². The van der Waals surface area contributed by atoms with Gasteiger partial charge in [-0.15, -0.1) is 0 Å². The van der Waals surface area contributed by atoms with E-state index >= 15 is 0 Å². The number of aromatic nitrogens is 3. The Balaban J connectivity index is 1.73. The Kier molecular flexibility index (Phi) is 16.9. The Bertz CT molecular complexity index is 957. The molecule has 2 saturated heterocycles. The lowest BCUT2D eigenvalue weighted by molar-refractivity contribution is 0.125. The zero-order valence-corrected chi connectivity index (χ0v) is 34.0. The molecule has 3 rings (SSSR count). The molecule has 49 heavy (non-hydrogen) atoms. The molecule has 0 amide bonds. The van der Waals surface area contributed by atoms with E-state index in [4.69, 9.17) is 15.0 Å². The third-order valence-electron chi connectivity index (χ3n) is 10.7. The van der Waals surface area contributed by atoms with Gasteiger partial charge in [-0.05, 0) is 119 Å². The Morgan fingerprint density at radius 3 is 1.24 bits per heavy atom. The van der Waals surface area contributed by atoms with Crippen molar-refractivity contribution >= 4 is 17.8 Å². The van der Waals surface area contributed by atoms with Crippen LogP contribution >= 0.6 is 0 Å². The topological polar surface area (TPSA) is 90.0 Å². The number of rotatable bonds is 23. The minimum atomic E-state index is 0.163. The van der Waals surface area contributed by atoms with Crippen molar-refractivity contribution < 1.29 is 0 Å². The minimum Gasteiger partial charge on any atom is -0.354 e. The van der Waals surface area contributed by atoms with E-state index in [1.165, 1.54) is 103 Å². The Labute approximate surface area is 303 Å². The first-order valence-corrected chi connectivity index (χ1v) is 20.7. The molecule has 1 aromatic heterocycles. The molecule has 284 valence electrons. The molecule has 8 nitrogen and oxygen atoms in total. The zero-order chi connectivity index (χ0) is 36.0. The molecule has 0 bridgehead atoms. The fourth-order valence-electron chi connectivity index (χ4n) is 9.39. The van der Waals surface area contributed by atoms with Gasteiger partial charge in [-0.25, -0.2) is 0 Å². The van der Waals surface area contributed by atoms with Crippen LogP contribution < -0.4 is 26.2 Å². The van der Waals surface area contributed by atoms with Gasteiger partial charge in [-0.3, -0.25) is 0 Å². The predicted octanol–water partition coefficient (Wildman–Crippen LogP) is 10.1. The van der Waals surface area contributed by atoms with Crippen LogP contribution in [0.1, 0.15) is 185 Å². The van der Waals surface area contributed by atoms with Crippen LogP contribution in [0, 0.1) is 11.8 Å². The van der Waals surface area contributed by atoms with E-state index in [1.807, 2.05) is 0 Å². The number of hydrogen-bond donors (Lipinski definition) is 4. The van der Waals surface area contributed by atoms with Crippen LogP contribution in [-0.2, 0) is 0 Å². The molecular weight excluding hydrogens is 605 g/mol. The van der Waals surface area contributed by atoms with E-state index in [1.54, 1.807) is 0 Å². The number of piperidine rings is 2. The van der Waals surface area contributed by atoms with Crippen LogP contribution in [0.3, 0.4) is 0 Å². The van der Waals surface area contributed by atoms with Crippen LogP contribution in [0.25, 0.3) is 0 Å². The largest absolute Gasteiger partial charge is 0.354 e. The van der Waals surface area contributed by atoms with Crippen molar-refractivity contribution in [2.45, 2.75) is 207 Å². The number of anilines is 3. The molecule has 3 heterocycles. The Morgan fingerprint density at radius 1 is 0.531 bits per heavy atom. The first-order valence-electron chi connectivity index (χ1n) is 20.7. The minimum absolute atomic E-state index is 0.163. The average Bonchev–Trinajstić information content (AvgIpc) is 2.96. The summed E-state index contributed by atoms with van der Waals surface area (Å²) in [6.45, 7) is 27.2. The molecule has 0 radical (unpaired) electrons. The van der Waals surface area contributed by atoms with E-state index in [2.05, 4.69) is 95.4 Å². The molecule has 0 aromatic carbocycles. The molecular formula is C41H80N8. The van der Waals surface area contributed by atoms with Gasteiger partial charge in [0.25, 0.3) is 0 Å². The van der Waals surface area contributed by atoms with Crippen LogP contribution in [0.4, 0.5) is 17.8 Å². The fraction of sp³-hybridized carbons (Fsp3) is 0.927. The van der Waals surface area contributed by atoms with E-state index in [-0.39, 0.29) is 22.2 Å². The van der Waals surface area contributed by atoms with Gasteiger partial charge < -0.3 is 26.2 Å². The van der Waals surface area contributed by atoms with Gasteiger partial charge in [0.2, 0.25) is 17.8 Å². The molecule has 2 fully saturated rings. The van der Waals surface area contributed by atoms with Gasteiger partial charge >= 0.3 is 0 Å². The highest BCUT2D eigenvalue weighted by atomic mass is 15.3. The van der Waals surface area contributed by atoms with Gasteiger partial charge in [0.1, 0.15) is 0 Å². The second-order valence-corrected chi connectivity index (χ2v) is 18.6. The molecule has 1 aromatic rings. The van der Waals surface area contributed by atoms with Gasteiger partial charge in [-0.2, -0.15) is 15.0 Å². The summed E-state index contributed by atoms with van der Waals surface area (Å²) in [5, 5.41) is 15.0. The lowest BCUT2D eigenvalue weighted by Crippen LogP contribution is -2.57. The monoisotopic (exact) mass is 685 g/mol. The average molecular weight is 685 g/mol. The van der Waals surface area contributed by atoms with Crippen molar-refractivity contribution in [2.24, 2.45) is 11.8 Å². The first kappa shape index (κ1) is 41.7. The number of unbranched alkanes of at least 4 members (excludes halogenated alkanes) is 10. The van der Waals surface area contributed by atoms with Crippen LogP contribution in [-0.4, -0.2) is 63.3 Å². The van der Waals surface area contributed by atoms with Gasteiger partial charge in [0.15, 0.2) is 0 Å². The van der Waals surface area contributed by atoms with Gasteiger partial charge in [0.05, 0.1) is 0 Å². The molecule has 8 heteroatoms. The highest BCUT2D eigenvalue weighted by Gasteiger charge is 2.38. The van der Waals surface area contributed by atoms with E-state index in [0.717, 1.165) is 56.9 Å². The fourth-order valence-corrected chi connectivity index (χ4v) is 9.39. The maximum absolute atomic E-state index is 5.10. The summed E-state index contributed by atoms with van der Waals surface area (Å²) in [4.78, 5) is 17.6. The van der Waals surface area contributed by atoms with Crippen molar-refractivity contribution in [2.75, 3.05) is 41.7 Å². The summed E-state index contributed by atoms with van der Waals surface area (Å²) >= 11 is 0. The lowest BCUT2D eigenvalue weighted by Gasteiger charge is -2.46. The van der Waals surface area contributed by atoms with Crippen LogP contribution in [0.5, 0.6) is 0 Å². The smallest absolute Gasteiger partial charge is 0.231 e. The van der Waals surface area contributed by atoms with Gasteiger partial charge in [0, 0.05) is 48.3 Å². The van der Waals surface area contributed by atoms with Crippen molar-refractivity contribution in [1.29, 1.82) is 0 Å². The normalized spacial score (nSPS) is 20.3. The first-order chi connectivity index (χ1) is 23.1. The maximum Gasteiger partial charge on any atom is 0.231 e. The van der Waals surface area contributed by atoms with E-state index in [9.17, 15) is 0 Å². The third-order valence-corrected chi connectivity index (χ3v) is 10.7. The Hall–Kier alpha value is -1.67. The van der Waals surface area contributed by atoms with Crippen molar-refractivity contribution in [3.8, 4) is 0 Å². The second kappa shape index (κ2) is 19.8. The van der Waals surface area contributed by atoms with Crippen molar-refractivity contribution in [1.82, 2.24) is 25.6 Å². The van der Waals surface area contributed by atoms with E-state index in [0.29, 0.717) is 11.8 Å². The predicted molar refractivity (Wildman–Crippen MR) is 213 cm³/mol. The number of nitrogens with one attached hydrogen (secondary N) is 4. The molecule has 2 aliphatic heterocycles. The lowest BCUT2D eigenvalue weighted by atomic mass is 9.75. The quantitative estimate of drug-likeness (QED) is 0.0847. The SMILES string of the molecule is CCCCCCCCN(CCCCCCCC)c1nc(NCCC2CC(C)(C)NC(C)(C)C2)nc(NCCC2CC(C)(C)NC(C)(C)C2)n1. The van der Waals surface area contributed by atoms with E-state index < -0.39 is 0 Å². The summed E-state index contributed by atoms with van der Waals surface area (Å²) in [6, 6.07) is 0. The number of nitrogens with zero attached hydrogens (tertiary/aromatic N) is 4. The van der Waals surface area contributed by atoms with Crippen LogP contribution in [0.2, 0.25) is 0 Å². The zero-order valence-electron chi connectivity index (χ0n) is 34.0. The van der Waals surface area contributed by atoms with Gasteiger partial charge in [-0.1, -0.05) is 78.1 Å². The summed E-state index contributed by atoms with van der Waals surface area (Å²) < 4.78 is 0. The molecule has 0 unspecified atom stereocenters. The van der Waals surface area contributed by atoms with Crippen molar-refractivity contribution in [3.05, 3.63) is 0 Å². The second-order valence-electron chi connectivity index (χ2n) is 18.6. The number of hydrogen-bond acceptors (Lipinski definition) is 8. The summed E-state index contributed by atoms with van der Waals surface area (Å²) in [6.07, 6.45) is 22.6. The molecule has 2 aliphatic rings. The maximum atomic E-state index is 5.10. The summed E-state index contributed by atoms with van der Waals surface area (Å²) in [5.41, 5.74) is 0.652.